The van der Waals surface area contributed by atoms with Crippen LogP contribution in [0.2, 0.25) is 0 Å². The van der Waals surface area contributed by atoms with Crippen molar-refractivity contribution in [3.05, 3.63) is 40.8 Å². The minimum atomic E-state index is -0.189. The number of esters is 1. The molecule has 8 rings (SSSR count). The van der Waals surface area contributed by atoms with E-state index in [9.17, 15) is 4.79 Å². The summed E-state index contributed by atoms with van der Waals surface area (Å²) in [4.78, 5) is 24.7. The summed E-state index contributed by atoms with van der Waals surface area (Å²) < 4.78 is 6.17. The van der Waals surface area contributed by atoms with E-state index in [1.165, 1.54) is 29.7 Å². The summed E-state index contributed by atoms with van der Waals surface area (Å²) in [6.07, 6.45) is 7.22. The third kappa shape index (κ3) is 3.86. The van der Waals surface area contributed by atoms with Gasteiger partial charge in [0, 0.05) is 24.5 Å². The largest absolute Gasteiger partial charge is 0.464 e. The summed E-state index contributed by atoms with van der Waals surface area (Å²) in [5.74, 6) is 3.38. The van der Waals surface area contributed by atoms with Crippen LogP contribution in [0.1, 0.15) is 49.0 Å². The first kappa shape index (κ1) is 22.8. The van der Waals surface area contributed by atoms with E-state index >= 15 is 0 Å². The van der Waals surface area contributed by atoms with Crippen molar-refractivity contribution in [1.29, 1.82) is 0 Å². The maximum absolute atomic E-state index is 13.5. The average Bonchev–Trinajstić information content (AvgIpc) is 3.14. The summed E-state index contributed by atoms with van der Waals surface area (Å²) in [5, 5.41) is 4.77. The molecule has 4 aliphatic carbocycles. The summed E-state index contributed by atoms with van der Waals surface area (Å²) in [5.41, 5.74) is 3.00. The Kier molecular flexibility index (Phi) is 5.44. The highest BCUT2D eigenvalue weighted by Crippen LogP contribution is 2.60. The van der Waals surface area contributed by atoms with Crippen LogP contribution in [0.15, 0.2) is 35.3 Å². The number of benzene rings is 1. The zero-order valence-corrected chi connectivity index (χ0v) is 22.2. The second-order valence-electron chi connectivity index (χ2n) is 12.1. The zero-order valence-electron chi connectivity index (χ0n) is 21.3. The van der Waals surface area contributed by atoms with E-state index in [4.69, 9.17) is 9.73 Å². The molecule has 3 heterocycles. The molecule has 1 N–H and O–H groups in total. The monoisotopic (exact) mass is 504 g/mol. The predicted octanol–water partition coefficient (Wildman–Crippen LogP) is 5.57. The van der Waals surface area contributed by atoms with Gasteiger partial charge in [-0.05, 0) is 88.4 Å². The number of thiophene rings is 1. The van der Waals surface area contributed by atoms with E-state index in [-0.39, 0.29) is 17.4 Å². The van der Waals surface area contributed by atoms with Crippen molar-refractivity contribution < 1.29 is 9.53 Å². The van der Waals surface area contributed by atoms with Gasteiger partial charge in [0.1, 0.15) is 17.4 Å². The number of nitrogens with zero attached hydrogens (tertiary/aromatic N) is 3. The summed E-state index contributed by atoms with van der Waals surface area (Å²) in [6.45, 7) is 5.25. The lowest BCUT2D eigenvalue weighted by Gasteiger charge is -2.55. The molecule has 4 bridgehead atoms. The molecular weight excluding hydrogens is 468 g/mol. The van der Waals surface area contributed by atoms with Crippen molar-refractivity contribution in [3.63, 3.8) is 0 Å². The number of aryl methyl sites for hydroxylation is 1. The third-order valence-electron chi connectivity index (χ3n) is 9.43. The zero-order chi connectivity index (χ0) is 24.4. The lowest BCUT2D eigenvalue weighted by molar-refractivity contribution is -0.173. The van der Waals surface area contributed by atoms with Crippen molar-refractivity contribution >= 4 is 39.5 Å². The third-order valence-corrected chi connectivity index (χ3v) is 10.4. The van der Waals surface area contributed by atoms with Gasteiger partial charge in [0.25, 0.3) is 0 Å². The highest BCUT2D eigenvalue weighted by Gasteiger charge is 2.55. The molecule has 5 fully saturated rings. The topological polar surface area (TPSA) is 57.2 Å². The first-order valence-corrected chi connectivity index (χ1v) is 14.5. The molecule has 1 aromatic carbocycles. The fourth-order valence-corrected chi connectivity index (χ4v) is 8.91. The van der Waals surface area contributed by atoms with Gasteiger partial charge in [-0.3, -0.25) is 9.69 Å². The van der Waals surface area contributed by atoms with Gasteiger partial charge < -0.3 is 15.0 Å². The van der Waals surface area contributed by atoms with Crippen molar-refractivity contribution in [1.82, 2.24) is 9.80 Å². The van der Waals surface area contributed by atoms with Crippen LogP contribution in [0.4, 0.5) is 16.4 Å². The van der Waals surface area contributed by atoms with Crippen molar-refractivity contribution in [2.75, 3.05) is 38.6 Å². The van der Waals surface area contributed by atoms with Crippen LogP contribution in [-0.2, 0) is 9.53 Å². The van der Waals surface area contributed by atoms with Gasteiger partial charge in [-0.15, -0.1) is 11.3 Å². The fraction of sp³-hybridized carbons (Fsp3) is 0.586. The number of rotatable bonds is 3. The first-order chi connectivity index (χ1) is 17.5. The maximum Gasteiger partial charge on any atom is 0.312 e. The molecule has 190 valence electrons. The summed E-state index contributed by atoms with van der Waals surface area (Å²) in [7, 11) is 2.16. The number of fused-ring (bicyclic) bond motifs is 2. The molecule has 0 radical (unpaired) electrons. The van der Waals surface area contributed by atoms with Gasteiger partial charge in [0.2, 0.25) is 0 Å². The number of anilines is 2. The Balaban J connectivity index is 1.10. The molecule has 6 aliphatic rings. The SMILES string of the molecule is Cc1cc2c(s1)Nc1ccccc1N=C2N1CCN(C)C(COC(=O)C23CC4CC(CC(C4)C2)C3)C1. The van der Waals surface area contributed by atoms with Gasteiger partial charge in [-0.25, -0.2) is 4.99 Å². The molecule has 2 aliphatic heterocycles. The molecule has 4 saturated carbocycles. The Morgan fingerprint density at radius 2 is 1.86 bits per heavy atom. The highest BCUT2D eigenvalue weighted by atomic mass is 32.1. The quantitative estimate of drug-likeness (QED) is 0.554. The maximum atomic E-state index is 13.5. The number of carbonyl (C=O) groups is 1. The Morgan fingerprint density at radius 3 is 2.61 bits per heavy atom. The smallest absolute Gasteiger partial charge is 0.312 e. The average molecular weight is 505 g/mol. The number of para-hydroxylation sites is 2. The van der Waals surface area contributed by atoms with Crippen LogP contribution in [0.25, 0.3) is 0 Å². The lowest BCUT2D eigenvalue weighted by Crippen LogP contribution is -2.56. The van der Waals surface area contributed by atoms with Gasteiger partial charge in [0.15, 0.2) is 0 Å². The number of amidine groups is 1. The fourth-order valence-electron chi connectivity index (χ4n) is 7.99. The predicted molar refractivity (Wildman–Crippen MR) is 145 cm³/mol. The van der Waals surface area contributed by atoms with Gasteiger partial charge >= 0.3 is 5.97 Å². The Morgan fingerprint density at radius 1 is 1.14 bits per heavy atom. The lowest BCUT2D eigenvalue weighted by atomic mass is 9.49. The van der Waals surface area contributed by atoms with E-state index in [0.29, 0.717) is 6.61 Å². The Bertz CT molecular complexity index is 1180. The van der Waals surface area contributed by atoms with Crippen molar-refractivity contribution in [3.8, 4) is 0 Å². The number of ether oxygens (including phenoxy) is 1. The molecule has 2 aromatic rings. The van der Waals surface area contributed by atoms with Crippen molar-refractivity contribution in [2.45, 2.75) is 51.5 Å². The van der Waals surface area contributed by atoms with Crippen LogP contribution >= 0.6 is 11.3 Å². The molecule has 1 atom stereocenters. The number of piperazine rings is 1. The van der Waals surface area contributed by atoms with Gasteiger partial charge in [-0.1, -0.05) is 12.1 Å². The number of carbonyl (C=O) groups excluding carboxylic acids is 1. The Hall–Kier alpha value is -2.38. The van der Waals surface area contributed by atoms with Gasteiger partial charge in [-0.2, -0.15) is 0 Å². The standard InChI is InChI=1S/C29H36N4O2S/c1-18-9-23-26(30-24-5-3-4-6-25(24)31-27(23)36-18)33-8-7-32(2)22(16-33)17-35-28(34)29-13-19-10-20(14-29)12-21(11-19)15-29/h3-6,9,19-22,31H,7-8,10-17H2,1-2H3. The molecular formula is C29H36N4O2S. The minimum Gasteiger partial charge on any atom is -0.464 e. The number of hydrogen-bond acceptors (Lipinski definition) is 7. The molecule has 1 unspecified atom stereocenters. The molecule has 1 saturated heterocycles. The second kappa shape index (κ2) is 8.59. The van der Waals surface area contributed by atoms with Crippen LogP contribution in [0.5, 0.6) is 0 Å². The van der Waals surface area contributed by atoms with E-state index in [0.717, 1.165) is 78.9 Å². The summed E-state index contributed by atoms with van der Waals surface area (Å²) in [6, 6.07) is 10.7. The number of likely N-dealkylation sites (N-methyl/N-ethyl adjacent to an activating group) is 1. The normalized spacial score (nSPS) is 32.8. The number of nitrogens with one attached hydrogen (secondary N) is 1. The van der Waals surface area contributed by atoms with Crippen LogP contribution < -0.4 is 5.32 Å². The van der Waals surface area contributed by atoms with E-state index in [1.54, 1.807) is 11.3 Å². The first-order valence-electron chi connectivity index (χ1n) is 13.6. The van der Waals surface area contributed by atoms with Crippen LogP contribution in [-0.4, -0.2) is 60.9 Å². The van der Waals surface area contributed by atoms with Crippen LogP contribution in [0, 0.1) is 30.1 Å². The van der Waals surface area contributed by atoms with Crippen molar-refractivity contribution in [2.24, 2.45) is 28.2 Å². The molecule has 0 spiro atoms. The van der Waals surface area contributed by atoms with E-state index in [1.807, 2.05) is 6.07 Å². The molecule has 0 amide bonds. The Labute approximate surface area is 217 Å². The molecule has 1 aromatic heterocycles. The minimum absolute atomic E-state index is 0.0906. The van der Waals surface area contributed by atoms with E-state index < -0.39 is 0 Å². The molecule has 36 heavy (non-hydrogen) atoms. The number of hydrogen-bond donors (Lipinski definition) is 1. The molecule has 6 nitrogen and oxygen atoms in total. The van der Waals surface area contributed by atoms with Crippen LogP contribution in [0.3, 0.4) is 0 Å². The second-order valence-corrected chi connectivity index (χ2v) is 13.3. The molecule has 7 heteroatoms. The highest BCUT2D eigenvalue weighted by molar-refractivity contribution is 7.16. The van der Waals surface area contributed by atoms with E-state index in [2.05, 4.69) is 53.4 Å². The number of aliphatic imine (C=N–C) groups is 1. The van der Waals surface area contributed by atoms with Gasteiger partial charge in [0.05, 0.1) is 28.4 Å². The summed E-state index contributed by atoms with van der Waals surface area (Å²) >= 11 is 1.78.